The van der Waals surface area contributed by atoms with Gasteiger partial charge in [-0.05, 0) is 59.3 Å². The summed E-state index contributed by atoms with van der Waals surface area (Å²) in [6.07, 6.45) is 5.12. The summed E-state index contributed by atoms with van der Waals surface area (Å²) in [6.45, 7) is 13.0. The van der Waals surface area contributed by atoms with E-state index in [1.807, 2.05) is 20.8 Å². The van der Waals surface area contributed by atoms with Crippen LogP contribution in [-0.4, -0.2) is 45.9 Å². The van der Waals surface area contributed by atoms with E-state index in [0.29, 0.717) is 25.7 Å². The number of primary amides is 1. The SMILES string of the molecule is [C-]#[N+]CC1(n2cc(C(N)=O)c(NC(=O)C3CC3)n2)CCC(NC(=O)OC(C)(C)C)CC1. The highest BCUT2D eigenvalue weighted by Crippen LogP contribution is 2.37. The van der Waals surface area contributed by atoms with E-state index in [0.717, 1.165) is 12.8 Å². The van der Waals surface area contributed by atoms with Crippen molar-refractivity contribution >= 4 is 23.7 Å². The number of nitrogens with two attached hydrogens (primary N) is 1. The number of anilines is 1. The van der Waals surface area contributed by atoms with Crippen LogP contribution in [0.1, 0.15) is 69.7 Å². The average molecular weight is 431 g/mol. The zero-order valence-electron chi connectivity index (χ0n) is 18.2. The molecule has 3 rings (SSSR count). The summed E-state index contributed by atoms with van der Waals surface area (Å²) < 4.78 is 6.93. The Bertz CT molecular complexity index is 898. The van der Waals surface area contributed by atoms with Gasteiger partial charge in [-0.2, -0.15) is 5.10 Å². The second kappa shape index (κ2) is 8.57. The highest BCUT2D eigenvalue weighted by Gasteiger charge is 2.42. The molecule has 168 valence electrons. The molecule has 0 bridgehead atoms. The van der Waals surface area contributed by atoms with Crippen LogP contribution < -0.4 is 16.4 Å². The first kappa shape index (κ1) is 22.6. The van der Waals surface area contributed by atoms with E-state index in [2.05, 4.69) is 20.6 Å². The number of amides is 3. The van der Waals surface area contributed by atoms with Crippen LogP contribution in [0.25, 0.3) is 4.85 Å². The van der Waals surface area contributed by atoms with Gasteiger partial charge in [0.05, 0.1) is 0 Å². The number of alkyl carbamates (subject to hydrolysis) is 1. The molecule has 31 heavy (non-hydrogen) atoms. The average Bonchev–Trinajstić information content (AvgIpc) is 3.42. The van der Waals surface area contributed by atoms with E-state index in [4.69, 9.17) is 17.0 Å². The fourth-order valence-corrected chi connectivity index (χ4v) is 3.83. The van der Waals surface area contributed by atoms with E-state index in [1.165, 1.54) is 6.20 Å². The zero-order valence-corrected chi connectivity index (χ0v) is 18.2. The molecule has 3 amide bonds. The molecule has 10 nitrogen and oxygen atoms in total. The van der Waals surface area contributed by atoms with Gasteiger partial charge in [-0.1, -0.05) is 0 Å². The van der Waals surface area contributed by atoms with Crippen LogP contribution in [0.5, 0.6) is 0 Å². The van der Waals surface area contributed by atoms with E-state index in [1.54, 1.807) is 4.68 Å². The van der Waals surface area contributed by atoms with Crippen LogP contribution in [0.2, 0.25) is 0 Å². The number of nitrogens with one attached hydrogen (secondary N) is 2. The first-order valence-electron chi connectivity index (χ1n) is 10.6. The van der Waals surface area contributed by atoms with Crippen molar-refractivity contribution in [1.29, 1.82) is 0 Å². The fourth-order valence-electron chi connectivity index (χ4n) is 3.83. The minimum atomic E-state index is -0.685. The molecule has 0 aromatic carbocycles. The fraction of sp³-hybridized carbons (Fsp3) is 0.667. The smallest absolute Gasteiger partial charge is 0.407 e. The van der Waals surface area contributed by atoms with Gasteiger partial charge in [0.15, 0.2) is 5.82 Å². The number of carbonyl (C=O) groups is 3. The molecule has 2 aliphatic carbocycles. The predicted molar refractivity (Wildman–Crippen MR) is 113 cm³/mol. The van der Waals surface area contributed by atoms with Crippen molar-refractivity contribution in [3.8, 4) is 0 Å². The van der Waals surface area contributed by atoms with Gasteiger partial charge in [-0.3, -0.25) is 14.3 Å². The van der Waals surface area contributed by atoms with E-state index in [-0.39, 0.29) is 35.8 Å². The molecular weight excluding hydrogens is 400 g/mol. The van der Waals surface area contributed by atoms with E-state index >= 15 is 0 Å². The van der Waals surface area contributed by atoms with Crippen LogP contribution in [0.15, 0.2) is 6.20 Å². The Morgan fingerprint density at radius 1 is 1.29 bits per heavy atom. The number of hydrogen-bond donors (Lipinski definition) is 3. The Kier molecular flexibility index (Phi) is 6.25. The molecule has 0 saturated heterocycles. The molecule has 0 atom stereocenters. The monoisotopic (exact) mass is 430 g/mol. The van der Waals surface area contributed by atoms with Crippen molar-refractivity contribution in [3.63, 3.8) is 0 Å². The van der Waals surface area contributed by atoms with Gasteiger partial charge in [-0.25, -0.2) is 11.4 Å². The van der Waals surface area contributed by atoms with Gasteiger partial charge in [0.2, 0.25) is 12.5 Å². The van der Waals surface area contributed by atoms with Crippen molar-refractivity contribution < 1.29 is 19.1 Å². The maximum Gasteiger partial charge on any atom is 0.407 e. The molecule has 1 heterocycles. The molecule has 0 aliphatic heterocycles. The lowest BCUT2D eigenvalue weighted by Gasteiger charge is -2.37. The van der Waals surface area contributed by atoms with Crippen molar-refractivity contribution in [2.75, 3.05) is 11.9 Å². The quantitative estimate of drug-likeness (QED) is 0.596. The molecule has 2 saturated carbocycles. The van der Waals surface area contributed by atoms with E-state index in [9.17, 15) is 14.4 Å². The number of carbonyl (C=O) groups excluding carboxylic acids is 3. The molecule has 4 N–H and O–H groups in total. The second-order valence-corrected chi connectivity index (χ2v) is 9.42. The highest BCUT2D eigenvalue weighted by atomic mass is 16.6. The maximum atomic E-state index is 12.2. The number of nitrogens with zero attached hydrogens (tertiary/aromatic N) is 3. The van der Waals surface area contributed by atoms with Gasteiger partial charge >= 0.3 is 6.09 Å². The third kappa shape index (κ3) is 5.54. The van der Waals surface area contributed by atoms with Crippen LogP contribution in [0, 0.1) is 12.5 Å². The molecule has 1 aromatic rings. The second-order valence-electron chi connectivity index (χ2n) is 9.42. The lowest BCUT2D eigenvalue weighted by atomic mass is 9.79. The van der Waals surface area contributed by atoms with Crippen LogP contribution in [0.4, 0.5) is 10.6 Å². The first-order valence-corrected chi connectivity index (χ1v) is 10.6. The summed E-state index contributed by atoms with van der Waals surface area (Å²) in [7, 11) is 0. The topological polar surface area (TPSA) is 133 Å². The lowest BCUT2D eigenvalue weighted by molar-refractivity contribution is -0.117. The molecule has 0 spiro atoms. The molecule has 10 heteroatoms. The summed E-state index contributed by atoms with van der Waals surface area (Å²) >= 11 is 0. The summed E-state index contributed by atoms with van der Waals surface area (Å²) in [4.78, 5) is 39.8. The van der Waals surface area contributed by atoms with Gasteiger partial charge in [-0.15, -0.1) is 0 Å². The van der Waals surface area contributed by atoms with Gasteiger partial charge in [0, 0.05) is 18.2 Å². The number of rotatable bonds is 6. The Labute approximate surface area is 181 Å². The first-order chi connectivity index (χ1) is 14.5. The minimum absolute atomic E-state index is 0.0440. The Hall–Kier alpha value is -3.09. The van der Waals surface area contributed by atoms with Crippen LogP contribution >= 0.6 is 0 Å². The standard InChI is InChI=1S/C21H30N6O4/c1-20(2,3)31-19(30)24-14-7-9-21(10-8-14,12-23-4)27-11-15(16(22)28)17(26-27)25-18(29)13-5-6-13/h11,13-14H,5-10,12H2,1-3H3,(H2,22,28)(H,24,30)(H,25,26,29). The normalized spacial score (nSPS) is 23.5. The van der Waals surface area contributed by atoms with Crippen LogP contribution in [0.3, 0.4) is 0 Å². The van der Waals surface area contributed by atoms with Crippen LogP contribution in [-0.2, 0) is 15.1 Å². The molecule has 0 radical (unpaired) electrons. The molecule has 1 aromatic heterocycles. The molecule has 2 fully saturated rings. The van der Waals surface area contributed by atoms with Gasteiger partial charge in [0.1, 0.15) is 16.7 Å². The third-order valence-electron chi connectivity index (χ3n) is 5.67. The van der Waals surface area contributed by atoms with E-state index < -0.39 is 23.1 Å². The summed E-state index contributed by atoms with van der Waals surface area (Å²) in [5.41, 5.74) is 4.42. The molecule has 0 unspecified atom stereocenters. The maximum absolute atomic E-state index is 12.2. The lowest BCUT2D eigenvalue weighted by Crippen LogP contribution is -2.47. The summed E-state index contributed by atoms with van der Waals surface area (Å²) in [5, 5.41) is 10.1. The largest absolute Gasteiger partial charge is 0.444 e. The summed E-state index contributed by atoms with van der Waals surface area (Å²) in [6, 6.07) is -0.0751. The van der Waals surface area contributed by atoms with Crippen molar-refractivity contribution in [2.45, 2.75) is 76.5 Å². The number of aromatic nitrogens is 2. The third-order valence-corrected chi connectivity index (χ3v) is 5.67. The Balaban J connectivity index is 1.74. The molecular formula is C21H30N6O4. The molecule has 2 aliphatic rings. The minimum Gasteiger partial charge on any atom is -0.444 e. The number of ether oxygens (including phenoxy) is 1. The highest BCUT2D eigenvalue weighted by molar-refractivity contribution is 6.02. The van der Waals surface area contributed by atoms with Crippen molar-refractivity contribution in [1.82, 2.24) is 15.1 Å². The summed E-state index contributed by atoms with van der Waals surface area (Å²) in [5.74, 6) is -0.756. The Morgan fingerprint density at radius 3 is 2.45 bits per heavy atom. The van der Waals surface area contributed by atoms with Gasteiger partial charge in [0.25, 0.3) is 5.91 Å². The van der Waals surface area contributed by atoms with Crippen molar-refractivity contribution in [3.05, 3.63) is 23.2 Å². The zero-order chi connectivity index (χ0) is 22.8. The Morgan fingerprint density at radius 2 is 1.94 bits per heavy atom. The van der Waals surface area contributed by atoms with Crippen molar-refractivity contribution in [2.24, 2.45) is 11.7 Å². The van der Waals surface area contributed by atoms with Gasteiger partial charge < -0.3 is 25.9 Å². The number of hydrogen-bond acceptors (Lipinski definition) is 5. The predicted octanol–water partition coefficient (Wildman–Crippen LogP) is 2.41.